The van der Waals surface area contributed by atoms with Crippen LogP contribution in [0.3, 0.4) is 0 Å². The van der Waals surface area contributed by atoms with Gasteiger partial charge in [0.25, 0.3) is 9.05 Å². The Morgan fingerprint density at radius 3 is 2.31 bits per heavy atom. The quantitative estimate of drug-likeness (QED) is 0.839. The Bertz CT molecular complexity index is 602. The van der Waals surface area contributed by atoms with Gasteiger partial charge in [-0.15, -0.1) is 0 Å². The molecule has 0 aliphatic heterocycles. The Morgan fingerprint density at radius 2 is 1.88 bits per heavy atom. The van der Waals surface area contributed by atoms with Gasteiger partial charge in [-0.05, 0) is 30.2 Å². The van der Waals surface area contributed by atoms with Crippen molar-refractivity contribution in [2.75, 3.05) is 0 Å². The van der Waals surface area contributed by atoms with Crippen LogP contribution in [0.15, 0.2) is 35.4 Å². The monoisotopic (exact) mass is 256 g/mol. The molecule has 16 heavy (non-hydrogen) atoms. The topological polar surface area (TPSA) is 62.8 Å². The lowest BCUT2D eigenvalue weighted by atomic mass is 10.1. The third kappa shape index (κ3) is 2.10. The van der Waals surface area contributed by atoms with Gasteiger partial charge in [0.1, 0.15) is 0 Å². The van der Waals surface area contributed by atoms with E-state index in [1.165, 1.54) is 12.1 Å². The summed E-state index contributed by atoms with van der Waals surface area (Å²) >= 11 is 0. The molecule has 4 nitrogen and oxygen atoms in total. The molecular formula is C10H9ClN2O2S. The van der Waals surface area contributed by atoms with E-state index in [-0.39, 0.29) is 4.90 Å². The minimum absolute atomic E-state index is 0.0927. The molecule has 2 aromatic rings. The second-order valence-electron chi connectivity index (χ2n) is 3.39. The number of halogens is 1. The highest BCUT2D eigenvalue weighted by Gasteiger charge is 2.10. The second kappa shape index (κ2) is 3.92. The molecule has 0 bridgehead atoms. The molecule has 0 aliphatic carbocycles. The fourth-order valence-corrected chi connectivity index (χ4v) is 2.19. The first-order valence-electron chi connectivity index (χ1n) is 4.53. The van der Waals surface area contributed by atoms with E-state index in [0.717, 1.165) is 16.8 Å². The molecule has 84 valence electrons. The van der Waals surface area contributed by atoms with Crippen LogP contribution in [0.2, 0.25) is 0 Å². The molecule has 2 rings (SSSR count). The smallest absolute Gasteiger partial charge is 0.261 e. The SMILES string of the molecule is Cc1cn[nH]c1-c1ccc(S(=O)(=O)Cl)cc1. The van der Waals surface area contributed by atoms with Gasteiger partial charge in [-0.25, -0.2) is 8.42 Å². The highest BCUT2D eigenvalue weighted by molar-refractivity contribution is 8.13. The highest BCUT2D eigenvalue weighted by Crippen LogP contribution is 2.23. The lowest BCUT2D eigenvalue weighted by Crippen LogP contribution is -1.90. The van der Waals surface area contributed by atoms with Gasteiger partial charge >= 0.3 is 0 Å². The van der Waals surface area contributed by atoms with Crippen molar-refractivity contribution in [2.45, 2.75) is 11.8 Å². The summed E-state index contributed by atoms with van der Waals surface area (Å²) in [6.07, 6.45) is 1.71. The molecule has 0 radical (unpaired) electrons. The number of hydrogen-bond acceptors (Lipinski definition) is 3. The Hall–Kier alpha value is -1.33. The fraction of sp³-hybridized carbons (Fsp3) is 0.100. The molecule has 1 N–H and O–H groups in total. The predicted molar refractivity (Wildman–Crippen MR) is 61.8 cm³/mol. The molecule has 0 saturated heterocycles. The fourth-order valence-electron chi connectivity index (χ4n) is 1.42. The van der Waals surface area contributed by atoms with Gasteiger partial charge in [0.2, 0.25) is 0 Å². The first kappa shape index (κ1) is 11.2. The number of aromatic amines is 1. The number of H-pyrrole nitrogens is 1. The molecular weight excluding hydrogens is 248 g/mol. The van der Waals surface area contributed by atoms with E-state index >= 15 is 0 Å². The van der Waals surface area contributed by atoms with Crippen molar-refractivity contribution in [2.24, 2.45) is 0 Å². The largest absolute Gasteiger partial charge is 0.278 e. The van der Waals surface area contributed by atoms with Crippen LogP contribution in [-0.4, -0.2) is 18.6 Å². The van der Waals surface area contributed by atoms with E-state index in [1.807, 2.05) is 6.92 Å². The van der Waals surface area contributed by atoms with Crippen molar-refractivity contribution in [3.63, 3.8) is 0 Å². The number of aryl methyl sites for hydroxylation is 1. The third-order valence-electron chi connectivity index (χ3n) is 2.25. The van der Waals surface area contributed by atoms with E-state index in [0.29, 0.717) is 0 Å². The molecule has 0 fully saturated rings. The van der Waals surface area contributed by atoms with Crippen molar-refractivity contribution in [3.8, 4) is 11.3 Å². The van der Waals surface area contributed by atoms with Crippen LogP contribution in [0.1, 0.15) is 5.56 Å². The van der Waals surface area contributed by atoms with E-state index < -0.39 is 9.05 Å². The Kier molecular flexibility index (Phi) is 2.73. The number of hydrogen-bond donors (Lipinski definition) is 1. The maximum atomic E-state index is 11.0. The average molecular weight is 257 g/mol. The van der Waals surface area contributed by atoms with Crippen molar-refractivity contribution in [1.82, 2.24) is 10.2 Å². The average Bonchev–Trinajstić information content (AvgIpc) is 2.63. The van der Waals surface area contributed by atoms with Crippen LogP contribution in [0.5, 0.6) is 0 Å². The molecule has 0 amide bonds. The zero-order chi connectivity index (χ0) is 11.8. The lowest BCUT2D eigenvalue weighted by Gasteiger charge is -2.00. The van der Waals surface area contributed by atoms with E-state index in [9.17, 15) is 8.42 Å². The second-order valence-corrected chi connectivity index (χ2v) is 5.96. The minimum atomic E-state index is -3.65. The molecule has 6 heteroatoms. The third-order valence-corrected chi connectivity index (χ3v) is 3.62. The lowest BCUT2D eigenvalue weighted by molar-refractivity contribution is 0.609. The van der Waals surface area contributed by atoms with Crippen molar-refractivity contribution >= 4 is 19.7 Å². The summed E-state index contributed by atoms with van der Waals surface area (Å²) in [6, 6.07) is 6.32. The summed E-state index contributed by atoms with van der Waals surface area (Å²) in [6.45, 7) is 1.92. The summed E-state index contributed by atoms with van der Waals surface area (Å²) in [7, 11) is 1.57. The van der Waals surface area contributed by atoms with Gasteiger partial charge in [0.05, 0.1) is 16.8 Å². The van der Waals surface area contributed by atoms with Crippen LogP contribution < -0.4 is 0 Å². The standard InChI is InChI=1S/C10H9ClN2O2S/c1-7-6-12-13-10(7)8-2-4-9(5-3-8)16(11,14)15/h2-6H,1H3,(H,12,13). The predicted octanol–water partition coefficient (Wildman–Crippen LogP) is 2.31. The van der Waals surface area contributed by atoms with E-state index in [2.05, 4.69) is 10.2 Å². The number of rotatable bonds is 2. The molecule has 1 aromatic carbocycles. The zero-order valence-corrected chi connectivity index (χ0v) is 10.0. The maximum absolute atomic E-state index is 11.0. The number of nitrogens with one attached hydrogen (secondary N) is 1. The van der Waals surface area contributed by atoms with Crippen molar-refractivity contribution in [1.29, 1.82) is 0 Å². The summed E-state index contributed by atoms with van der Waals surface area (Å²) in [5, 5.41) is 6.75. The van der Waals surface area contributed by atoms with Gasteiger partial charge in [-0.3, -0.25) is 5.10 Å². The molecule has 0 unspecified atom stereocenters. The first-order valence-corrected chi connectivity index (χ1v) is 6.84. The van der Waals surface area contributed by atoms with E-state index in [1.54, 1.807) is 18.3 Å². The number of benzene rings is 1. The van der Waals surface area contributed by atoms with Gasteiger partial charge in [0.15, 0.2) is 0 Å². The number of nitrogens with zero attached hydrogens (tertiary/aromatic N) is 1. The van der Waals surface area contributed by atoms with Crippen LogP contribution in [0.4, 0.5) is 0 Å². The highest BCUT2D eigenvalue weighted by atomic mass is 35.7. The van der Waals surface area contributed by atoms with Gasteiger partial charge in [-0.2, -0.15) is 5.10 Å². The summed E-state index contributed by atoms with van der Waals surface area (Å²) in [5.74, 6) is 0. The molecule has 0 aliphatic rings. The maximum Gasteiger partial charge on any atom is 0.261 e. The van der Waals surface area contributed by atoms with Crippen molar-refractivity contribution in [3.05, 3.63) is 36.0 Å². The van der Waals surface area contributed by atoms with Gasteiger partial charge in [0, 0.05) is 10.7 Å². The van der Waals surface area contributed by atoms with Gasteiger partial charge in [-0.1, -0.05) is 12.1 Å². The Labute approximate surface area is 97.7 Å². The van der Waals surface area contributed by atoms with Crippen LogP contribution in [0, 0.1) is 6.92 Å². The van der Waals surface area contributed by atoms with Crippen molar-refractivity contribution < 1.29 is 8.42 Å². The molecule has 1 aromatic heterocycles. The number of aromatic nitrogens is 2. The Balaban J connectivity index is 2.45. The van der Waals surface area contributed by atoms with Crippen LogP contribution in [-0.2, 0) is 9.05 Å². The minimum Gasteiger partial charge on any atom is -0.278 e. The molecule has 0 spiro atoms. The van der Waals surface area contributed by atoms with Crippen LogP contribution in [0.25, 0.3) is 11.3 Å². The van der Waals surface area contributed by atoms with E-state index in [4.69, 9.17) is 10.7 Å². The summed E-state index contributed by atoms with van der Waals surface area (Å²) in [4.78, 5) is 0.0927. The van der Waals surface area contributed by atoms with Gasteiger partial charge < -0.3 is 0 Å². The summed E-state index contributed by atoms with van der Waals surface area (Å²) in [5.41, 5.74) is 2.75. The molecule has 1 heterocycles. The Morgan fingerprint density at radius 1 is 1.25 bits per heavy atom. The van der Waals surface area contributed by atoms with Crippen LogP contribution >= 0.6 is 10.7 Å². The normalized spacial score (nSPS) is 11.6. The summed E-state index contributed by atoms with van der Waals surface area (Å²) < 4.78 is 22.1. The zero-order valence-electron chi connectivity index (χ0n) is 8.44. The molecule has 0 atom stereocenters. The molecule has 0 saturated carbocycles. The first-order chi connectivity index (χ1) is 7.48.